The number of pyridine rings is 1. The highest BCUT2D eigenvalue weighted by molar-refractivity contribution is 5.87. The Morgan fingerprint density at radius 1 is 1.50 bits per heavy atom. The zero-order valence-electron chi connectivity index (χ0n) is 8.36. The summed E-state index contributed by atoms with van der Waals surface area (Å²) < 4.78 is 25.0. The van der Waals surface area contributed by atoms with Gasteiger partial charge in [0.1, 0.15) is 0 Å². The molecule has 86 valence electrons. The molecule has 1 fully saturated rings. The van der Waals surface area contributed by atoms with Crippen LogP contribution < -0.4 is 0 Å². The van der Waals surface area contributed by atoms with E-state index < -0.39 is 11.9 Å². The van der Waals surface area contributed by atoms with Gasteiger partial charge in [-0.1, -0.05) is 0 Å². The summed E-state index contributed by atoms with van der Waals surface area (Å²) in [6.07, 6.45) is 1.23. The Hall–Kier alpha value is -1.56. The molecule has 0 amide bonds. The fraction of sp³-hybridized carbons (Fsp3) is 0.400. The summed E-state index contributed by atoms with van der Waals surface area (Å²) in [4.78, 5) is 16.0. The summed E-state index contributed by atoms with van der Waals surface area (Å²) in [6, 6.07) is 2.96. The Balaban J connectivity index is 1.94. The lowest BCUT2D eigenvalue weighted by molar-refractivity contribution is -0.134. The molecule has 0 aromatic carbocycles. The first-order chi connectivity index (χ1) is 7.46. The third-order valence-corrected chi connectivity index (χ3v) is 2.37. The number of halogens is 2. The van der Waals surface area contributed by atoms with Crippen molar-refractivity contribution in [2.45, 2.75) is 12.5 Å². The van der Waals surface area contributed by atoms with Crippen LogP contribution in [0.3, 0.4) is 0 Å². The average molecular weight is 228 g/mol. The molecule has 0 aliphatic carbocycles. The number of hydrogen-bond donors (Lipinski definition) is 1. The van der Waals surface area contributed by atoms with E-state index in [9.17, 15) is 13.6 Å². The molecule has 1 saturated heterocycles. The third kappa shape index (κ3) is 2.33. The van der Waals surface area contributed by atoms with Gasteiger partial charge in [0, 0.05) is 12.7 Å². The standard InChI is InChI=1S/C10H10F2N2O2/c11-10(12)5-14(6-10)4-8-2-1-7(3-13-8)9(15)16/h1-3H,4-6H2,(H,15,16). The summed E-state index contributed by atoms with van der Waals surface area (Å²) >= 11 is 0. The molecule has 1 N–H and O–H groups in total. The second-order valence-corrected chi connectivity index (χ2v) is 3.84. The third-order valence-electron chi connectivity index (χ3n) is 2.37. The van der Waals surface area contributed by atoms with Gasteiger partial charge in [-0.2, -0.15) is 0 Å². The zero-order chi connectivity index (χ0) is 11.8. The van der Waals surface area contributed by atoms with Gasteiger partial charge >= 0.3 is 5.97 Å². The van der Waals surface area contributed by atoms with Crippen molar-refractivity contribution < 1.29 is 18.7 Å². The predicted molar refractivity (Wildman–Crippen MR) is 51.4 cm³/mol. The molecule has 4 nitrogen and oxygen atoms in total. The van der Waals surface area contributed by atoms with Gasteiger partial charge in [-0.25, -0.2) is 13.6 Å². The van der Waals surface area contributed by atoms with Crippen molar-refractivity contribution in [3.05, 3.63) is 29.6 Å². The van der Waals surface area contributed by atoms with E-state index in [2.05, 4.69) is 4.98 Å². The summed E-state index contributed by atoms with van der Waals surface area (Å²) in [5, 5.41) is 8.63. The van der Waals surface area contributed by atoms with Gasteiger partial charge in [0.2, 0.25) is 0 Å². The summed E-state index contributed by atoms with van der Waals surface area (Å²) in [6.45, 7) is -0.180. The van der Waals surface area contributed by atoms with Crippen LogP contribution in [0, 0.1) is 0 Å². The minimum Gasteiger partial charge on any atom is -0.478 e. The quantitative estimate of drug-likeness (QED) is 0.845. The number of nitrogens with zero attached hydrogens (tertiary/aromatic N) is 2. The average Bonchev–Trinajstić information content (AvgIpc) is 2.15. The van der Waals surface area contributed by atoms with E-state index in [4.69, 9.17) is 5.11 Å². The topological polar surface area (TPSA) is 53.4 Å². The number of hydrogen-bond acceptors (Lipinski definition) is 3. The van der Waals surface area contributed by atoms with Crippen LogP contribution in [0.5, 0.6) is 0 Å². The van der Waals surface area contributed by atoms with Crippen molar-refractivity contribution in [1.82, 2.24) is 9.88 Å². The van der Waals surface area contributed by atoms with Gasteiger partial charge in [-0.15, -0.1) is 0 Å². The number of carboxylic acids is 1. The molecule has 6 heteroatoms. The smallest absolute Gasteiger partial charge is 0.337 e. The number of rotatable bonds is 3. The first-order valence-electron chi connectivity index (χ1n) is 4.75. The molecule has 0 unspecified atom stereocenters. The van der Waals surface area contributed by atoms with Crippen LogP contribution in [0.1, 0.15) is 16.1 Å². The molecule has 0 radical (unpaired) electrons. The maximum Gasteiger partial charge on any atom is 0.337 e. The summed E-state index contributed by atoms with van der Waals surface area (Å²) in [5.41, 5.74) is 0.693. The van der Waals surface area contributed by atoms with Crippen molar-refractivity contribution in [3.8, 4) is 0 Å². The minimum atomic E-state index is -2.58. The maximum atomic E-state index is 12.5. The number of aromatic carboxylic acids is 1. The molecule has 1 aliphatic rings. The molecule has 1 aliphatic heterocycles. The van der Waals surface area contributed by atoms with E-state index in [1.54, 1.807) is 11.0 Å². The molecule has 1 aromatic rings. The molecule has 0 bridgehead atoms. The Kier molecular flexibility index (Phi) is 2.59. The second kappa shape index (κ2) is 3.79. The molecule has 1 aromatic heterocycles. The monoisotopic (exact) mass is 228 g/mol. The van der Waals surface area contributed by atoms with Gasteiger partial charge < -0.3 is 5.11 Å². The molecule has 2 rings (SSSR count). The zero-order valence-corrected chi connectivity index (χ0v) is 8.36. The van der Waals surface area contributed by atoms with Crippen molar-refractivity contribution in [3.63, 3.8) is 0 Å². The summed E-state index contributed by atoms with van der Waals surface area (Å²) in [7, 11) is 0. The summed E-state index contributed by atoms with van der Waals surface area (Å²) in [5.74, 6) is -3.63. The van der Waals surface area contributed by atoms with Crippen LogP contribution in [0.25, 0.3) is 0 Å². The second-order valence-electron chi connectivity index (χ2n) is 3.84. The lowest BCUT2D eigenvalue weighted by Gasteiger charge is -2.38. The van der Waals surface area contributed by atoms with Gasteiger partial charge in [0.05, 0.1) is 24.3 Å². The number of alkyl halides is 2. The van der Waals surface area contributed by atoms with Crippen molar-refractivity contribution in [2.75, 3.05) is 13.1 Å². The lowest BCUT2D eigenvalue weighted by atomic mass is 10.1. The Bertz CT molecular complexity index is 398. The number of carbonyl (C=O) groups is 1. The van der Waals surface area contributed by atoms with E-state index in [0.717, 1.165) is 0 Å². The highest BCUT2D eigenvalue weighted by Gasteiger charge is 2.43. The number of likely N-dealkylation sites (tertiary alicyclic amines) is 1. The maximum absolute atomic E-state index is 12.5. The molecule has 0 atom stereocenters. The Morgan fingerprint density at radius 3 is 2.62 bits per heavy atom. The van der Waals surface area contributed by atoms with E-state index in [1.807, 2.05) is 0 Å². The van der Waals surface area contributed by atoms with Crippen LogP contribution in [0.4, 0.5) is 8.78 Å². The lowest BCUT2D eigenvalue weighted by Crippen LogP contribution is -2.55. The SMILES string of the molecule is O=C(O)c1ccc(CN2CC(F)(F)C2)nc1. The molecular weight excluding hydrogens is 218 g/mol. The van der Waals surface area contributed by atoms with E-state index in [0.29, 0.717) is 12.2 Å². The minimum absolute atomic E-state index is 0.0951. The normalized spacial score (nSPS) is 19.1. The van der Waals surface area contributed by atoms with E-state index in [1.165, 1.54) is 12.3 Å². The fourth-order valence-corrected chi connectivity index (χ4v) is 1.59. The van der Waals surface area contributed by atoms with Crippen LogP contribution >= 0.6 is 0 Å². The fourth-order valence-electron chi connectivity index (χ4n) is 1.59. The van der Waals surface area contributed by atoms with Gasteiger partial charge in [0.15, 0.2) is 0 Å². The van der Waals surface area contributed by atoms with Crippen molar-refractivity contribution in [2.24, 2.45) is 0 Å². The van der Waals surface area contributed by atoms with Crippen molar-refractivity contribution >= 4 is 5.97 Å². The number of carboxylic acid groups (broad SMARTS) is 1. The Labute approximate surface area is 90.5 Å². The molecule has 0 spiro atoms. The first-order valence-corrected chi connectivity index (χ1v) is 4.75. The molecule has 0 saturated carbocycles. The number of aromatic nitrogens is 1. The van der Waals surface area contributed by atoms with Crippen LogP contribution in [-0.2, 0) is 6.54 Å². The van der Waals surface area contributed by atoms with E-state index in [-0.39, 0.29) is 18.7 Å². The molecule has 16 heavy (non-hydrogen) atoms. The Morgan fingerprint density at radius 2 is 2.19 bits per heavy atom. The van der Waals surface area contributed by atoms with E-state index >= 15 is 0 Å². The van der Waals surface area contributed by atoms with Crippen LogP contribution in [-0.4, -0.2) is 40.0 Å². The first kappa shape index (κ1) is 10.9. The predicted octanol–water partition coefficient (Wildman–Crippen LogP) is 1.23. The van der Waals surface area contributed by atoms with Gasteiger partial charge in [0.25, 0.3) is 5.92 Å². The largest absolute Gasteiger partial charge is 0.478 e. The molecular formula is C10H10F2N2O2. The van der Waals surface area contributed by atoms with Gasteiger partial charge in [-0.3, -0.25) is 9.88 Å². The molecule has 2 heterocycles. The van der Waals surface area contributed by atoms with Crippen LogP contribution in [0.2, 0.25) is 0 Å². The van der Waals surface area contributed by atoms with Gasteiger partial charge in [-0.05, 0) is 12.1 Å². The van der Waals surface area contributed by atoms with Crippen molar-refractivity contribution in [1.29, 1.82) is 0 Å². The highest BCUT2D eigenvalue weighted by Crippen LogP contribution is 2.27. The van der Waals surface area contributed by atoms with Crippen LogP contribution in [0.15, 0.2) is 18.3 Å². The highest BCUT2D eigenvalue weighted by atomic mass is 19.3.